The molecule has 3 aromatic carbocycles. The maximum atomic E-state index is 13.1. The molecule has 0 atom stereocenters. The van der Waals surface area contributed by atoms with E-state index in [9.17, 15) is 18.0 Å². The first-order chi connectivity index (χ1) is 13.4. The number of aromatic nitrogens is 2. The Morgan fingerprint density at radius 1 is 0.857 bits per heavy atom. The molecule has 1 heterocycles. The second kappa shape index (κ2) is 6.96. The Labute approximate surface area is 158 Å². The maximum Gasteiger partial charge on any atom is 0.416 e. The summed E-state index contributed by atoms with van der Waals surface area (Å²) in [7, 11) is 0. The average molecular weight is 380 g/mol. The molecule has 0 spiro atoms. The van der Waals surface area contributed by atoms with E-state index in [-0.39, 0.29) is 23.0 Å². The zero-order valence-electron chi connectivity index (χ0n) is 14.6. The Bertz CT molecular complexity index is 1180. The molecule has 0 aliphatic rings. The van der Waals surface area contributed by atoms with Gasteiger partial charge in [0.15, 0.2) is 0 Å². The zero-order chi connectivity index (χ0) is 19.7. The summed E-state index contributed by atoms with van der Waals surface area (Å²) in [4.78, 5) is 17.6. The predicted molar refractivity (Wildman–Crippen MR) is 102 cm³/mol. The number of benzene rings is 3. The third-order valence-corrected chi connectivity index (χ3v) is 4.50. The molecule has 0 radical (unpaired) electrons. The van der Waals surface area contributed by atoms with Crippen LogP contribution in [0.3, 0.4) is 0 Å². The van der Waals surface area contributed by atoms with Gasteiger partial charge in [0.2, 0.25) is 0 Å². The van der Waals surface area contributed by atoms with Gasteiger partial charge in [-0.1, -0.05) is 60.7 Å². The summed E-state index contributed by atoms with van der Waals surface area (Å²) in [6.07, 6.45) is -4.50. The van der Waals surface area contributed by atoms with Gasteiger partial charge >= 0.3 is 6.18 Å². The Kier molecular flexibility index (Phi) is 4.47. The van der Waals surface area contributed by atoms with Crippen molar-refractivity contribution < 1.29 is 13.2 Å². The molecule has 0 aliphatic heterocycles. The number of halogens is 3. The number of fused-ring (bicyclic) bond motifs is 1. The van der Waals surface area contributed by atoms with Crippen LogP contribution in [0.5, 0.6) is 0 Å². The third kappa shape index (κ3) is 3.41. The second-order valence-electron chi connectivity index (χ2n) is 6.41. The highest BCUT2D eigenvalue weighted by Gasteiger charge is 2.31. The van der Waals surface area contributed by atoms with Gasteiger partial charge in [-0.25, -0.2) is 4.98 Å². The van der Waals surface area contributed by atoms with E-state index in [0.29, 0.717) is 11.4 Å². The van der Waals surface area contributed by atoms with Crippen molar-refractivity contribution >= 4 is 10.9 Å². The lowest BCUT2D eigenvalue weighted by molar-refractivity contribution is -0.137. The number of rotatable bonds is 3. The third-order valence-electron chi connectivity index (χ3n) is 4.50. The molecule has 0 amide bonds. The van der Waals surface area contributed by atoms with Gasteiger partial charge in [0.05, 0.1) is 23.0 Å². The van der Waals surface area contributed by atoms with Crippen LogP contribution in [-0.4, -0.2) is 9.55 Å². The number of nitrogens with zero attached hydrogens (tertiary/aromatic N) is 2. The van der Waals surface area contributed by atoms with Crippen molar-refractivity contribution in [1.29, 1.82) is 0 Å². The highest BCUT2D eigenvalue weighted by atomic mass is 19.4. The fourth-order valence-corrected chi connectivity index (χ4v) is 3.12. The van der Waals surface area contributed by atoms with Crippen LogP contribution in [0, 0.1) is 0 Å². The minimum Gasteiger partial charge on any atom is -0.288 e. The molecular weight excluding hydrogens is 365 g/mol. The normalized spacial score (nSPS) is 11.7. The zero-order valence-corrected chi connectivity index (χ0v) is 14.6. The molecule has 0 unspecified atom stereocenters. The molecule has 0 fully saturated rings. The first-order valence-corrected chi connectivity index (χ1v) is 8.64. The SMILES string of the molecule is O=c1c2ccc(C(F)(F)F)cc2nc(-c2ccccc2)n1Cc1ccccc1. The largest absolute Gasteiger partial charge is 0.416 e. The van der Waals surface area contributed by atoms with Crippen molar-refractivity contribution in [3.05, 3.63) is 100 Å². The fraction of sp³-hybridized carbons (Fsp3) is 0.0909. The Hall–Kier alpha value is -3.41. The van der Waals surface area contributed by atoms with Crippen molar-refractivity contribution in [2.45, 2.75) is 12.7 Å². The van der Waals surface area contributed by atoms with Crippen molar-refractivity contribution in [2.75, 3.05) is 0 Å². The molecule has 0 N–H and O–H groups in total. The van der Waals surface area contributed by atoms with Crippen LogP contribution in [0.2, 0.25) is 0 Å². The van der Waals surface area contributed by atoms with E-state index in [1.807, 2.05) is 36.4 Å². The van der Waals surface area contributed by atoms with Crippen LogP contribution < -0.4 is 5.56 Å². The molecule has 4 rings (SSSR count). The van der Waals surface area contributed by atoms with Gasteiger partial charge in [-0.3, -0.25) is 9.36 Å². The van der Waals surface area contributed by atoms with Gasteiger partial charge in [-0.2, -0.15) is 13.2 Å². The summed E-state index contributed by atoms with van der Waals surface area (Å²) in [5.74, 6) is 0.335. The smallest absolute Gasteiger partial charge is 0.288 e. The van der Waals surface area contributed by atoms with E-state index in [4.69, 9.17) is 0 Å². The molecule has 1 aromatic heterocycles. The molecule has 28 heavy (non-hydrogen) atoms. The Morgan fingerprint density at radius 2 is 1.50 bits per heavy atom. The standard InChI is InChI=1S/C22H15F3N2O/c23-22(24,25)17-11-12-18-19(13-17)26-20(16-9-5-2-6-10-16)27(21(18)28)14-15-7-3-1-4-8-15/h1-13H,14H2. The van der Waals surface area contributed by atoms with E-state index in [2.05, 4.69) is 4.98 Å². The molecule has 0 saturated carbocycles. The molecule has 0 saturated heterocycles. The molecule has 3 nitrogen and oxygen atoms in total. The molecule has 0 aliphatic carbocycles. The lowest BCUT2D eigenvalue weighted by Crippen LogP contribution is -2.24. The van der Waals surface area contributed by atoms with Crippen molar-refractivity contribution in [1.82, 2.24) is 9.55 Å². The van der Waals surface area contributed by atoms with E-state index >= 15 is 0 Å². The minimum absolute atomic E-state index is 0.0305. The van der Waals surface area contributed by atoms with E-state index < -0.39 is 11.7 Å². The molecule has 0 bridgehead atoms. The second-order valence-corrected chi connectivity index (χ2v) is 6.41. The summed E-state index contributed by atoms with van der Waals surface area (Å²) in [6.45, 7) is 0.272. The predicted octanol–water partition coefficient (Wildman–Crippen LogP) is 5.13. The lowest BCUT2D eigenvalue weighted by atomic mass is 10.1. The topological polar surface area (TPSA) is 34.9 Å². The number of alkyl halides is 3. The highest BCUT2D eigenvalue weighted by molar-refractivity contribution is 5.80. The van der Waals surface area contributed by atoms with E-state index in [1.165, 1.54) is 10.6 Å². The average Bonchev–Trinajstić information content (AvgIpc) is 2.70. The molecule has 4 aromatic rings. The van der Waals surface area contributed by atoms with Crippen LogP contribution in [0.4, 0.5) is 13.2 Å². The van der Waals surface area contributed by atoms with Crippen molar-refractivity contribution in [3.63, 3.8) is 0 Å². The van der Waals surface area contributed by atoms with Crippen molar-refractivity contribution in [2.24, 2.45) is 0 Å². The van der Waals surface area contributed by atoms with Crippen LogP contribution >= 0.6 is 0 Å². The first kappa shape index (κ1) is 18.0. The molecular formula is C22H15F3N2O. The monoisotopic (exact) mass is 380 g/mol. The van der Waals surface area contributed by atoms with E-state index in [1.54, 1.807) is 24.3 Å². The summed E-state index contributed by atoms with van der Waals surface area (Å²) in [5.41, 5.74) is 0.390. The van der Waals surface area contributed by atoms with E-state index in [0.717, 1.165) is 17.7 Å². The van der Waals surface area contributed by atoms with Crippen LogP contribution in [0.15, 0.2) is 83.7 Å². The van der Waals surface area contributed by atoms with Crippen LogP contribution in [-0.2, 0) is 12.7 Å². The summed E-state index contributed by atoms with van der Waals surface area (Å²) in [6, 6.07) is 21.4. The summed E-state index contributed by atoms with van der Waals surface area (Å²) >= 11 is 0. The van der Waals surface area contributed by atoms with Gasteiger partial charge in [0, 0.05) is 5.56 Å². The van der Waals surface area contributed by atoms with Gasteiger partial charge in [-0.05, 0) is 23.8 Å². The van der Waals surface area contributed by atoms with Crippen molar-refractivity contribution in [3.8, 4) is 11.4 Å². The highest BCUT2D eigenvalue weighted by Crippen LogP contribution is 2.31. The summed E-state index contributed by atoms with van der Waals surface area (Å²) < 4.78 is 40.8. The lowest BCUT2D eigenvalue weighted by Gasteiger charge is -2.15. The number of hydrogen-bond donors (Lipinski definition) is 0. The molecule has 6 heteroatoms. The van der Waals surface area contributed by atoms with Gasteiger partial charge < -0.3 is 0 Å². The van der Waals surface area contributed by atoms with Crippen LogP contribution in [0.1, 0.15) is 11.1 Å². The first-order valence-electron chi connectivity index (χ1n) is 8.64. The maximum absolute atomic E-state index is 13.1. The molecule has 140 valence electrons. The van der Waals surface area contributed by atoms with Crippen LogP contribution in [0.25, 0.3) is 22.3 Å². The fourth-order valence-electron chi connectivity index (χ4n) is 3.12. The quantitative estimate of drug-likeness (QED) is 0.494. The Balaban J connectivity index is 1.98. The van der Waals surface area contributed by atoms with Gasteiger partial charge in [0.1, 0.15) is 5.82 Å². The number of hydrogen-bond acceptors (Lipinski definition) is 2. The van der Waals surface area contributed by atoms with Gasteiger partial charge in [-0.15, -0.1) is 0 Å². The Morgan fingerprint density at radius 3 is 2.14 bits per heavy atom. The van der Waals surface area contributed by atoms with Gasteiger partial charge in [0.25, 0.3) is 5.56 Å². The summed E-state index contributed by atoms with van der Waals surface area (Å²) in [5, 5.41) is 0.156. The minimum atomic E-state index is -4.50.